The van der Waals surface area contributed by atoms with Crippen molar-refractivity contribution in [3.05, 3.63) is 15.6 Å². The molecule has 0 aliphatic rings. The van der Waals surface area contributed by atoms with Crippen molar-refractivity contribution in [2.75, 3.05) is 0 Å². The Kier molecular flexibility index (Phi) is 4.11. The molecule has 0 saturated heterocycles. The Morgan fingerprint density at radius 2 is 1.94 bits per heavy atom. The van der Waals surface area contributed by atoms with Gasteiger partial charge in [0.25, 0.3) is 5.91 Å². The topological polar surface area (TPSA) is 79.3 Å². The van der Waals surface area contributed by atoms with Gasteiger partial charge in [-0.05, 0) is 26.7 Å². The second-order valence-corrected chi connectivity index (χ2v) is 5.97. The van der Waals surface area contributed by atoms with Crippen molar-refractivity contribution in [1.29, 1.82) is 0 Å². The SMILES string of the molecule is Cc1nc(C)c(C(=O)N[C@@](C)(C(=O)O)C(C)C)s1. The molecule has 1 aromatic heterocycles. The molecule has 1 heterocycles. The van der Waals surface area contributed by atoms with Gasteiger partial charge in [-0.25, -0.2) is 9.78 Å². The van der Waals surface area contributed by atoms with Gasteiger partial charge in [-0.2, -0.15) is 0 Å². The number of amides is 1. The third-order valence-electron chi connectivity index (χ3n) is 3.08. The van der Waals surface area contributed by atoms with Gasteiger partial charge in [-0.1, -0.05) is 13.8 Å². The molecule has 1 amide bonds. The van der Waals surface area contributed by atoms with Gasteiger partial charge in [-0.15, -0.1) is 11.3 Å². The third-order valence-corrected chi connectivity index (χ3v) is 4.15. The lowest BCUT2D eigenvalue weighted by Crippen LogP contribution is -2.55. The van der Waals surface area contributed by atoms with Crippen LogP contribution in [0.5, 0.6) is 0 Å². The normalized spacial score (nSPS) is 14.3. The van der Waals surface area contributed by atoms with Gasteiger partial charge in [-0.3, -0.25) is 4.79 Å². The Morgan fingerprint density at radius 3 is 2.28 bits per heavy atom. The summed E-state index contributed by atoms with van der Waals surface area (Å²) in [6.07, 6.45) is 0. The summed E-state index contributed by atoms with van der Waals surface area (Å²) in [5.41, 5.74) is -0.645. The van der Waals surface area contributed by atoms with E-state index >= 15 is 0 Å². The van der Waals surface area contributed by atoms with Crippen LogP contribution < -0.4 is 5.32 Å². The second-order valence-electron chi connectivity index (χ2n) is 4.76. The zero-order valence-corrected chi connectivity index (χ0v) is 12.0. The lowest BCUT2D eigenvalue weighted by Gasteiger charge is -2.29. The highest BCUT2D eigenvalue weighted by Crippen LogP contribution is 2.21. The van der Waals surface area contributed by atoms with Crippen LogP contribution in [0.3, 0.4) is 0 Å². The maximum absolute atomic E-state index is 12.1. The number of carbonyl (C=O) groups is 2. The quantitative estimate of drug-likeness (QED) is 0.877. The van der Waals surface area contributed by atoms with Crippen molar-refractivity contribution < 1.29 is 14.7 Å². The van der Waals surface area contributed by atoms with Crippen molar-refractivity contribution in [3.8, 4) is 0 Å². The molecule has 0 radical (unpaired) electrons. The zero-order chi connectivity index (χ0) is 14.1. The highest BCUT2D eigenvalue weighted by molar-refractivity contribution is 7.13. The molecule has 0 aromatic carbocycles. The van der Waals surface area contributed by atoms with Crippen LogP contribution in [0.15, 0.2) is 0 Å². The standard InChI is InChI=1S/C12H18N2O3S/c1-6(2)12(5,11(16)17)14-10(15)9-7(3)13-8(4)18-9/h6H,1-5H3,(H,14,15)(H,16,17)/t12-/m1/s1. The van der Waals surface area contributed by atoms with E-state index in [1.807, 2.05) is 6.92 Å². The Bertz CT molecular complexity index is 482. The van der Waals surface area contributed by atoms with Crippen molar-refractivity contribution in [1.82, 2.24) is 10.3 Å². The Hall–Kier alpha value is -1.43. The number of thiazole rings is 1. The number of hydrogen-bond donors (Lipinski definition) is 2. The van der Waals surface area contributed by atoms with Gasteiger partial charge < -0.3 is 10.4 Å². The number of nitrogens with one attached hydrogen (secondary N) is 1. The maximum Gasteiger partial charge on any atom is 0.329 e. The summed E-state index contributed by atoms with van der Waals surface area (Å²) in [7, 11) is 0. The van der Waals surface area contributed by atoms with Gasteiger partial charge in [0.2, 0.25) is 0 Å². The predicted molar refractivity (Wildman–Crippen MR) is 69.9 cm³/mol. The number of carbonyl (C=O) groups excluding carboxylic acids is 1. The molecule has 0 fully saturated rings. The van der Waals surface area contributed by atoms with Crippen molar-refractivity contribution in [3.63, 3.8) is 0 Å². The highest BCUT2D eigenvalue weighted by atomic mass is 32.1. The van der Waals surface area contributed by atoms with Crippen LogP contribution in [0.1, 0.15) is 41.1 Å². The smallest absolute Gasteiger partial charge is 0.329 e. The molecule has 0 unspecified atom stereocenters. The van der Waals surface area contributed by atoms with E-state index in [0.29, 0.717) is 10.6 Å². The molecular weight excluding hydrogens is 252 g/mol. The van der Waals surface area contributed by atoms with Crippen molar-refractivity contribution in [2.45, 2.75) is 40.2 Å². The first-order valence-corrected chi connectivity index (χ1v) is 6.50. The number of rotatable bonds is 4. The molecule has 0 aliphatic carbocycles. The largest absolute Gasteiger partial charge is 0.480 e. The second kappa shape index (κ2) is 5.06. The van der Waals surface area contributed by atoms with E-state index < -0.39 is 11.5 Å². The number of carboxylic acids is 1. The Balaban J connectivity index is 3.00. The molecule has 1 rings (SSSR count). The monoisotopic (exact) mass is 270 g/mol. The summed E-state index contributed by atoms with van der Waals surface area (Å²) in [5, 5.41) is 12.6. The van der Waals surface area contributed by atoms with E-state index in [-0.39, 0.29) is 11.8 Å². The molecule has 0 bridgehead atoms. The minimum absolute atomic E-state index is 0.215. The molecule has 0 spiro atoms. The number of aryl methyl sites for hydroxylation is 2. The van der Waals surface area contributed by atoms with E-state index in [1.165, 1.54) is 18.3 Å². The fourth-order valence-electron chi connectivity index (χ4n) is 1.48. The third kappa shape index (κ3) is 2.69. The zero-order valence-electron chi connectivity index (χ0n) is 11.2. The van der Waals surface area contributed by atoms with Crippen molar-refractivity contribution in [2.24, 2.45) is 5.92 Å². The van der Waals surface area contributed by atoms with E-state index in [0.717, 1.165) is 5.01 Å². The van der Waals surface area contributed by atoms with Gasteiger partial charge in [0, 0.05) is 0 Å². The van der Waals surface area contributed by atoms with Gasteiger partial charge in [0.15, 0.2) is 0 Å². The summed E-state index contributed by atoms with van der Waals surface area (Å²) in [6.45, 7) is 8.60. The number of carboxylic acid groups (broad SMARTS) is 1. The average molecular weight is 270 g/mol. The Morgan fingerprint density at radius 1 is 1.39 bits per heavy atom. The van der Waals surface area contributed by atoms with Gasteiger partial charge in [0.05, 0.1) is 10.7 Å². The van der Waals surface area contributed by atoms with Crippen molar-refractivity contribution >= 4 is 23.2 Å². The number of aromatic nitrogens is 1. The first kappa shape index (κ1) is 14.6. The number of aliphatic carboxylic acids is 1. The summed E-state index contributed by atoms with van der Waals surface area (Å²) >= 11 is 1.27. The van der Waals surface area contributed by atoms with Crippen LogP contribution >= 0.6 is 11.3 Å². The number of hydrogen-bond acceptors (Lipinski definition) is 4. The highest BCUT2D eigenvalue weighted by Gasteiger charge is 2.38. The van der Waals surface area contributed by atoms with Crippen LogP contribution in [0, 0.1) is 19.8 Å². The molecule has 1 atom stereocenters. The summed E-state index contributed by atoms with van der Waals surface area (Å²) < 4.78 is 0. The summed E-state index contributed by atoms with van der Waals surface area (Å²) in [4.78, 5) is 28.0. The summed E-state index contributed by atoms with van der Waals surface area (Å²) in [5.74, 6) is -1.63. The minimum Gasteiger partial charge on any atom is -0.480 e. The fraction of sp³-hybridized carbons (Fsp3) is 0.583. The first-order chi connectivity index (χ1) is 8.18. The molecule has 18 heavy (non-hydrogen) atoms. The predicted octanol–water partition coefficient (Wildman–Crippen LogP) is 1.99. The van der Waals surface area contributed by atoms with Crippen LogP contribution in [-0.4, -0.2) is 27.5 Å². The van der Waals surface area contributed by atoms with Crippen LogP contribution in [-0.2, 0) is 4.79 Å². The lowest BCUT2D eigenvalue weighted by molar-refractivity contribution is -0.145. The molecule has 100 valence electrons. The fourth-order valence-corrected chi connectivity index (χ4v) is 2.29. The number of nitrogens with zero attached hydrogens (tertiary/aromatic N) is 1. The van der Waals surface area contributed by atoms with Crippen LogP contribution in [0.25, 0.3) is 0 Å². The van der Waals surface area contributed by atoms with Crippen LogP contribution in [0.2, 0.25) is 0 Å². The van der Waals surface area contributed by atoms with Gasteiger partial charge >= 0.3 is 5.97 Å². The van der Waals surface area contributed by atoms with E-state index in [9.17, 15) is 14.7 Å². The van der Waals surface area contributed by atoms with E-state index in [4.69, 9.17) is 0 Å². The maximum atomic E-state index is 12.1. The van der Waals surface area contributed by atoms with Gasteiger partial charge in [0.1, 0.15) is 10.4 Å². The van der Waals surface area contributed by atoms with E-state index in [1.54, 1.807) is 20.8 Å². The molecule has 2 N–H and O–H groups in total. The lowest BCUT2D eigenvalue weighted by atomic mass is 9.88. The first-order valence-electron chi connectivity index (χ1n) is 5.68. The molecule has 5 nitrogen and oxygen atoms in total. The molecule has 0 aliphatic heterocycles. The van der Waals surface area contributed by atoms with E-state index in [2.05, 4.69) is 10.3 Å². The van der Waals surface area contributed by atoms with Crippen LogP contribution in [0.4, 0.5) is 0 Å². The molecule has 6 heteroatoms. The average Bonchev–Trinajstić information content (AvgIpc) is 2.57. The molecular formula is C12H18N2O3S. The molecule has 0 saturated carbocycles. The minimum atomic E-state index is -1.28. The molecule has 1 aromatic rings. The summed E-state index contributed by atoms with van der Waals surface area (Å²) in [6, 6.07) is 0. The Labute approximate surface area is 110 Å².